The van der Waals surface area contributed by atoms with Crippen molar-refractivity contribution in [3.05, 3.63) is 157 Å². The van der Waals surface area contributed by atoms with Gasteiger partial charge >= 0.3 is 5.69 Å². The van der Waals surface area contributed by atoms with Crippen LogP contribution in [0.5, 0.6) is 11.5 Å². The van der Waals surface area contributed by atoms with Crippen LogP contribution in [0.3, 0.4) is 0 Å². The highest BCUT2D eigenvalue weighted by Gasteiger charge is 2.16. The molecule has 0 spiro atoms. The minimum atomic E-state index is -3.89. The summed E-state index contributed by atoms with van der Waals surface area (Å²) in [6.45, 7) is 1.92. The quantitative estimate of drug-likeness (QED) is 0.0178. The Balaban J connectivity index is 0.000000295. The molecule has 0 fully saturated rings. The normalized spacial score (nSPS) is 11.3. The maximum Gasteiger partial charge on any atom is 0.310 e. The number of hydrogen-bond donors (Lipinski definition) is 2. The van der Waals surface area contributed by atoms with Crippen molar-refractivity contribution in [1.82, 2.24) is 0 Å². The van der Waals surface area contributed by atoms with Crippen LogP contribution in [0.4, 0.5) is 27.1 Å². The molecule has 0 aliphatic heterocycles. The van der Waals surface area contributed by atoms with Crippen LogP contribution in [-0.4, -0.2) is 71.2 Å². The summed E-state index contributed by atoms with van der Waals surface area (Å²) in [5.41, 5.74) is 16.9. The van der Waals surface area contributed by atoms with Gasteiger partial charge in [0, 0.05) is 23.9 Å². The summed E-state index contributed by atoms with van der Waals surface area (Å²) in [4.78, 5) is 21.1. The summed E-state index contributed by atoms with van der Waals surface area (Å²) in [7, 11) is -3.89. The zero-order chi connectivity index (χ0) is 43.3. The van der Waals surface area contributed by atoms with Gasteiger partial charge in [-0.1, -0.05) is 60.2 Å². The summed E-state index contributed by atoms with van der Waals surface area (Å²) >= 11 is 0. The highest BCUT2D eigenvalue weighted by molar-refractivity contribution is 7.86. The third-order valence-corrected chi connectivity index (χ3v) is 9.49. The van der Waals surface area contributed by atoms with Crippen LogP contribution in [0.25, 0.3) is 24.3 Å². The predicted octanol–water partition coefficient (Wildman–Crippen LogP) is 8.17. The largest absolute Gasteiger partial charge is 0.489 e. The van der Waals surface area contributed by atoms with Crippen LogP contribution in [0.1, 0.15) is 27.8 Å². The lowest BCUT2D eigenvalue weighted by molar-refractivity contribution is -0.385. The van der Waals surface area contributed by atoms with Crippen molar-refractivity contribution in [2.24, 2.45) is 0 Å². The molecule has 5 aromatic carbocycles. The lowest BCUT2D eigenvalue weighted by atomic mass is 10.1. The van der Waals surface area contributed by atoms with Crippen LogP contribution in [-0.2, 0) is 23.8 Å². The van der Waals surface area contributed by atoms with Crippen LogP contribution >= 0.6 is 0 Å². The monoisotopic (exact) mass is 843 g/mol. The molecule has 5 rings (SSSR count). The molecule has 0 bridgehead atoms. The topological polar surface area (TPSA) is 219 Å². The number of benzene rings is 5. The Morgan fingerprint density at radius 3 is 1.68 bits per heavy atom. The molecule has 60 heavy (non-hydrogen) atoms. The molecule has 0 aromatic heterocycles. The molecule has 0 saturated carbocycles. The Hall–Kier alpha value is -6.66. The molecular weight excluding hydrogens is 799 g/mol. The third kappa shape index (κ3) is 15.6. The fourth-order valence-electron chi connectivity index (χ4n) is 5.04. The molecule has 0 heterocycles. The van der Waals surface area contributed by atoms with E-state index in [2.05, 4.69) is 0 Å². The van der Waals surface area contributed by atoms with E-state index in [0.717, 1.165) is 22.4 Å². The number of nitro benzene ring substituents is 2. The van der Waals surface area contributed by atoms with Gasteiger partial charge < -0.3 is 30.4 Å². The first-order valence-electron chi connectivity index (χ1n) is 18.4. The molecule has 17 heteroatoms. The van der Waals surface area contributed by atoms with Gasteiger partial charge in [-0.15, -0.1) is 0 Å². The third-order valence-electron chi connectivity index (χ3n) is 8.16. The highest BCUT2D eigenvalue weighted by Crippen LogP contribution is 2.29. The number of ether oxygens (including phenoxy) is 4. The molecule has 4 N–H and O–H groups in total. The number of non-ortho nitro benzene ring substituents is 1. The molecule has 0 aliphatic carbocycles. The van der Waals surface area contributed by atoms with Gasteiger partial charge in [-0.05, 0) is 89.8 Å². The van der Waals surface area contributed by atoms with Gasteiger partial charge in [0.1, 0.15) is 25.6 Å². The summed E-state index contributed by atoms with van der Waals surface area (Å²) in [5.74, 6) is 0.631. The second-order valence-electron chi connectivity index (χ2n) is 12.7. The molecule has 0 unspecified atom stereocenters. The Kier molecular flexibility index (Phi) is 18.2. The van der Waals surface area contributed by atoms with Crippen molar-refractivity contribution >= 4 is 57.2 Å². The Morgan fingerprint density at radius 1 is 0.600 bits per heavy atom. The lowest BCUT2D eigenvalue weighted by Crippen LogP contribution is -2.14. The van der Waals surface area contributed by atoms with Crippen molar-refractivity contribution in [3.8, 4) is 11.5 Å². The number of hydrogen-bond acceptors (Lipinski definition) is 13. The second-order valence-corrected chi connectivity index (χ2v) is 14.3. The Labute approximate surface area is 347 Å². The smallest absolute Gasteiger partial charge is 0.310 e. The number of nitro groups is 2. The van der Waals surface area contributed by atoms with Crippen molar-refractivity contribution < 1.29 is 45.8 Å². The van der Waals surface area contributed by atoms with Crippen LogP contribution in [0.2, 0.25) is 0 Å². The number of nitrogens with two attached hydrogens (primary N) is 2. The van der Waals surface area contributed by atoms with Gasteiger partial charge in [0.05, 0.1) is 53.5 Å². The minimum Gasteiger partial charge on any atom is -0.489 e. The molecule has 0 aliphatic rings. The van der Waals surface area contributed by atoms with E-state index in [-0.39, 0.29) is 55.1 Å². The summed E-state index contributed by atoms with van der Waals surface area (Å²) in [6, 6.07) is 29.7. The van der Waals surface area contributed by atoms with E-state index < -0.39 is 26.6 Å². The molecule has 0 saturated heterocycles. The minimum absolute atomic E-state index is 0.0128. The molecular formula is C43H45FN4O11S. The maximum atomic E-state index is 12.1. The average molecular weight is 844 g/mol. The molecule has 316 valence electrons. The van der Waals surface area contributed by atoms with E-state index >= 15 is 0 Å². The lowest BCUT2D eigenvalue weighted by Gasteiger charge is -2.09. The van der Waals surface area contributed by atoms with Gasteiger partial charge in [0.25, 0.3) is 15.8 Å². The Morgan fingerprint density at radius 2 is 1.10 bits per heavy atom. The zero-order valence-corrected chi connectivity index (χ0v) is 33.5. The standard InChI is InChI=1S/C25H24N2O9S.C18H21FN2O2/c1-19-2-11-23(12-3-19)37(32,33)36-17-15-34-14-16-35-25-18-21(8-13-24(25)27(30)31)5-4-20-6-9-22(10-7-20)26(28)29;19-9-10-22-11-12-23-18-13-15(5-8-17(18)21)2-1-14-3-6-16(20)7-4-14/h2-13,18H,14-17H2,1H3;1-8,13H,9-12,20-21H2/b5-4+;2-1+/i;19-1. The SMILES string of the molecule is Cc1ccc(S(=O)(=O)OCCOCCOc2cc(/C=C/c3ccc([N+](=O)[O-])cc3)ccc2[N+](=O)[O-])cc1.Nc1ccc(/C=C/c2ccc(N)c(OCCOCC[18F])c2)cc1. The van der Waals surface area contributed by atoms with E-state index in [1.807, 2.05) is 55.5 Å². The maximum absolute atomic E-state index is 12.1. The number of aryl methyl sites for hydroxylation is 1. The number of anilines is 2. The molecule has 15 nitrogen and oxygen atoms in total. The highest BCUT2D eigenvalue weighted by atomic mass is 32.2. The fraction of sp³-hybridized carbons (Fsp3) is 0.209. The van der Waals surface area contributed by atoms with Crippen LogP contribution in [0, 0.1) is 27.2 Å². The van der Waals surface area contributed by atoms with Gasteiger partial charge in [-0.3, -0.25) is 24.4 Å². The number of nitrogen functional groups attached to an aromatic ring is 2. The first-order valence-corrected chi connectivity index (χ1v) is 19.8. The first-order chi connectivity index (χ1) is 28.8. The van der Waals surface area contributed by atoms with Crippen LogP contribution < -0.4 is 20.9 Å². The predicted molar refractivity (Wildman–Crippen MR) is 229 cm³/mol. The van der Waals surface area contributed by atoms with E-state index in [1.165, 1.54) is 36.4 Å². The van der Waals surface area contributed by atoms with Crippen molar-refractivity contribution in [3.63, 3.8) is 0 Å². The summed E-state index contributed by atoms with van der Waals surface area (Å²) < 4.78 is 62.6. The average Bonchev–Trinajstić information content (AvgIpc) is 3.23. The summed E-state index contributed by atoms with van der Waals surface area (Å²) in [5, 5.41) is 22.1. The van der Waals surface area contributed by atoms with Gasteiger partial charge in [-0.2, -0.15) is 8.42 Å². The molecule has 0 amide bonds. The van der Waals surface area contributed by atoms with Crippen LogP contribution in [0.15, 0.2) is 114 Å². The van der Waals surface area contributed by atoms with E-state index in [9.17, 15) is 33.0 Å². The number of halogens is 1. The summed E-state index contributed by atoms with van der Waals surface area (Å²) in [6.07, 6.45) is 7.36. The van der Waals surface area contributed by atoms with Gasteiger partial charge in [-0.25, -0.2) is 4.39 Å². The first kappa shape index (κ1) is 46.0. The molecule has 0 atom stereocenters. The number of nitrogens with zero attached hydrogens (tertiary/aromatic N) is 2. The second kappa shape index (κ2) is 23.7. The van der Waals surface area contributed by atoms with Crippen molar-refractivity contribution in [1.29, 1.82) is 0 Å². The van der Waals surface area contributed by atoms with E-state index in [1.54, 1.807) is 48.6 Å². The van der Waals surface area contributed by atoms with Gasteiger partial charge in [0.2, 0.25) is 0 Å². The van der Waals surface area contributed by atoms with E-state index in [4.69, 9.17) is 34.6 Å². The Bertz CT molecular complexity index is 2320. The molecule has 5 aromatic rings. The van der Waals surface area contributed by atoms with E-state index in [0.29, 0.717) is 35.8 Å². The van der Waals surface area contributed by atoms with Crippen molar-refractivity contribution in [2.75, 3.05) is 64.4 Å². The van der Waals surface area contributed by atoms with Crippen molar-refractivity contribution in [2.45, 2.75) is 11.8 Å². The fourth-order valence-corrected chi connectivity index (χ4v) is 5.93. The number of rotatable bonds is 21. The van der Waals surface area contributed by atoms with Gasteiger partial charge in [0.15, 0.2) is 5.75 Å². The number of alkyl halides is 1. The zero-order valence-electron chi connectivity index (χ0n) is 32.7. The molecule has 0 radical (unpaired) electrons.